The first kappa shape index (κ1) is 15.2. The Hall–Kier alpha value is -2.66. The van der Waals surface area contributed by atoms with Gasteiger partial charge in [-0.15, -0.1) is 11.3 Å². The van der Waals surface area contributed by atoms with Crippen molar-refractivity contribution in [2.75, 3.05) is 6.61 Å². The zero-order valence-corrected chi connectivity index (χ0v) is 13.1. The topological polar surface area (TPSA) is 55.4 Å². The fraction of sp³-hybridized carbons (Fsp3) is 0.111. The molecule has 0 atom stereocenters. The molecule has 0 aliphatic rings. The molecule has 2 aromatic carbocycles. The third kappa shape index (κ3) is 3.96. The van der Waals surface area contributed by atoms with Crippen LogP contribution in [0.1, 0.15) is 15.2 Å². The van der Waals surface area contributed by atoms with Crippen molar-refractivity contribution in [2.45, 2.75) is 6.54 Å². The van der Waals surface area contributed by atoms with E-state index < -0.39 is 5.97 Å². The molecule has 0 radical (unpaired) electrons. The van der Waals surface area contributed by atoms with E-state index in [1.54, 1.807) is 6.07 Å². The zero-order chi connectivity index (χ0) is 16.1. The van der Waals surface area contributed by atoms with Gasteiger partial charge in [-0.05, 0) is 23.1 Å². The summed E-state index contributed by atoms with van der Waals surface area (Å²) in [5.41, 5.74) is 0.997. The maximum atomic E-state index is 12.0. The predicted molar refractivity (Wildman–Crippen MR) is 90.4 cm³/mol. The van der Waals surface area contributed by atoms with Crippen molar-refractivity contribution in [3.05, 3.63) is 71.1 Å². The molecule has 0 aliphatic carbocycles. The van der Waals surface area contributed by atoms with E-state index in [2.05, 4.69) is 5.32 Å². The molecule has 4 nitrogen and oxygen atoms in total. The van der Waals surface area contributed by atoms with Crippen molar-refractivity contribution in [2.24, 2.45) is 0 Å². The number of rotatable bonds is 5. The molecular formula is C18H15NO3S. The molecule has 5 heteroatoms. The van der Waals surface area contributed by atoms with Crippen molar-refractivity contribution in [1.82, 2.24) is 5.32 Å². The largest absolute Gasteiger partial charge is 0.451 e. The first-order valence-corrected chi connectivity index (χ1v) is 8.00. The minimum absolute atomic E-state index is 0.278. The zero-order valence-electron chi connectivity index (χ0n) is 12.3. The summed E-state index contributed by atoms with van der Waals surface area (Å²) >= 11 is 1.36. The van der Waals surface area contributed by atoms with Crippen LogP contribution in [0.5, 0.6) is 0 Å². The first-order chi connectivity index (χ1) is 11.2. The van der Waals surface area contributed by atoms with Crippen LogP contribution in [0.2, 0.25) is 0 Å². The summed E-state index contributed by atoms with van der Waals surface area (Å²) in [6.45, 7) is 0.139. The van der Waals surface area contributed by atoms with E-state index in [-0.39, 0.29) is 12.5 Å². The van der Waals surface area contributed by atoms with Gasteiger partial charge in [0.05, 0.1) is 0 Å². The van der Waals surface area contributed by atoms with Crippen LogP contribution in [0.15, 0.2) is 60.7 Å². The minimum Gasteiger partial charge on any atom is -0.451 e. The van der Waals surface area contributed by atoms with Crippen LogP contribution in [0.3, 0.4) is 0 Å². The van der Waals surface area contributed by atoms with Gasteiger partial charge in [0.2, 0.25) is 0 Å². The van der Waals surface area contributed by atoms with Crippen molar-refractivity contribution in [3.63, 3.8) is 0 Å². The summed E-state index contributed by atoms with van der Waals surface area (Å²) in [6, 6.07) is 19.1. The molecule has 1 amide bonds. The summed E-state index contributed by atoms with van der Waals surface area (Å²) in [7, 11) is 0. The highest BCUT2D eigenvalue weighted by Crippen LogP contribution is 2.25. The van der Waals surface area contributed by atoms with Crippen molar-refractivity contribution >= 4 is 33.3 Å². The summed E-state index contributed by atoms with van der Waals surface area (Å²) < 4.78 is 6.09. The van der Waals surface area contributed by atoms with E-state index in [1.165, 1.54) is 11.3 Å². The number of carbonyl (C=O) groups excluding carboxylic acids is 2. The number of fused-ring (bicyclic) bond motifs is 1. The van der Waals surface area contributed by atoms with Gasteiger partial charge < -0.3 is 10.1 Å². The molecule has 0 bridgehead atoms. The fourth-order valence-corrected chi connectivity index (χ4v) is 3.09. The monoisotopic (exact) mass is 325 g/mol. The second-order valence-corrected chi connectivity index (χ2v) is 6.07. The molecule has 116 valence electrons. The predicted octanol–water partition coefficient (Wildman–Crippen LogP) is 3.37. The number of hydrogen-bond acceptors (Lipinski definition) is 4. The van der Waals surface area contributed by atoms with Gasteiger partial charge in [-0.2, -0.15) is 0 Å². The minimum atomic E-state index is -0.471. The van der Waals surface area contributed by atoms with E-state index in [0.29, 0.717) is 11.4 Å². The molecular weight excluding hydrogens is 310 g/mol. The summed E-state index contributed by atoms with van der Waals surface area (Å²) in [5, 5.41) is 3.72. The lowest BCUT2D eigenvalue weighted by Gasteiger charge is -2.05. The van der Waals surface area contributed by atoms with Gasteiger partial charge in [0.1, 0.15) is 4.88 Å². The molecule has 0 aliphatic heterocycles. The number of benzene rings is 2. The molecule has 0 unspecified atom stereocenters. The number of carbonyl (C=O) groups is 2. The van der Waals surface area contributed by atoms with Gasteiger partial charge in [0.25, 0.3) is 5.91 Å². The highest BCUT2D eigenvalue weighted by atomic mass is 32.1. The fourth-order valence-electron chi connectivity index (χ4n) is 2.13. The summed E-state index contributed by atoms with van der Waals surface area (Å²) in [5.74, 6) is -0.788. The highest BCUT2D eigenvalue weighted by molar-refractivity contribution is 7.20. The van der Waals surface area contributed by atoms with Crippen LogP contribution in [0, 0.1) is 0 Å². The van der Waals surface area contributed by atoms with E-state index >= 15 is 0 Å². The molecule has 0 saturated carbocycles. The molecule has 0 saturated heterocycles. The Labute approximate surface area is 137 Å². The second kappa shape index (κ2) is 7.07. The second-order valence-electron chi connectivity index (χ2n) is 4.99. The molecule has 3 aromatic rings. The van der Waals surface area contributed by atoms with E-state index in [1.807, 2.05) is 54.6 Å². The van der Waals surface area contributed by atoms with Gasteiger partial charge >= 0.3 is 5.97 Å². The van der Waals surface area contributed by atoms with Crippen LogP contribution in [-0.2, 0) is 16.1 Å². The maximum Gasteiger partial charge on any atom is 0.348 e. The van der Waals surface area contributed by atoms with Gasteiger partial charge in [0.15, 0.2) is 6.61 Å². The summed E-state index contributed by atoms with van der Waals surface area (Å²) in [4.78, 5) is 24.2. The average molecular weight is 325 g/mol. The number of amides is 1. The smallest absolute Gasteiger partial charge is 0.348 e. The lowest BCUT2D eigenvalue weighted by Crippen LogP contribution is -2.28. The van der Waals surface area contributed by atoms with Crippen molar-refractivity contribution in [3.8, 4) is 0 Å². The van der Waals surface area contributed by atoms with Gasteiger partial charge in [-0.3, -0.25) is 4.79 Å². The molecule has 23 heavy (non-hydrogen) atoms. The Balaban J connectivity index is 1.51. The molecule has 0 spiro atoms. The van der Waals surface area contributed by atoms with Crippen molar-refractivity contribution < 1.29 is 14.3 Å². The lowest BCUT2D eigenvalue weighted by atomic mass is 10.2. The van der Waals surface area contributed by atoms with Crippen LogP contribution in [-0.4, -0.2) is 18.5 Å². The Kier molecular flexibility index (Phi) is 4.68. The van der Waals surface area contributed by atoms with Gasteiger partial charge in [-0.25, -0.2) is 4.79 Å². The van der Waals surface area contributed by atoms with Crippen LogP contribution < -0.4 is 5.32 Å². The summed E-state index contributed by atoms with van der Waals surface area (Å²) in [6.07, 6.45) is 0. The SMILES string of the molecule is O=C(COC(=O)c1cc2ccccc2s1)NCc1ccccc1. The Morgan fingerprint density at radius 2 is 1.74 bits per heavy atom. The van der Waals surface area contributed by atoms with E-state index in [0.717, 1.165) is 15.6 Å². The van der Waals surface area contributed by atoms with Crippen LogP contribution >= 0.6 is 11.3 Å². The number of esters is 1. The molecule has 3 rings (SSSR count). The number of ether oxygens (including phenoxy) is 1. The molecule has 0 fully saturated rings. The molecule has 1 N–H and O–H groups in total. The normalized spacial score (nSPS) is 10.4. The van der Waals surface area contributed by atoms with Gasteiger partial charge in [0, 0.05) is 11.2 Å². The molecule has 1 heterocycles. The van der Waals surface area contributed by atoms with Crippen LogP contribution in [0.25, 0.3) is 10.1 Å². The quantitative estimate of drug-likeness (QED) is 0.732. The number of hydrogen-bond donors (Lipinski definition) is 1. The van der Waals surface area contributed by atoms with E-state index in [4.69, 9.17) is 4.74 Å². The Morgan fingerprint density at radius 1 is 1.00 bits per heavy atom. The Morgan fingerprint density at radius 3 is 2.52 bits per heavy atom. The van der Waals surface area contributed by atoms with Gasteiger partial charge in [-0.1, -0.05) is 48.5 Å². The third-order valence-corrected chi connectivity index (χ3v) is 4.39. The number of thiophene rings is 1. The van der Waals surface area contributed by atoms with E-state index in [9.17, 15) is 9.59 Å². The Bertz CT molecular complexity index is 793. The molecule has 1 aromatic heterocycles. The lowest BCUT2D eigenvalue weighted by molar-refractivity contribution is -0.124. The average Bonchev–Trinajstić information content (AvgIpc) is 3.03. The van der Waals surface area contributed by atoms with Crippen LogP contribution in [0.4, 0.5) is 0 Å². The first-order valence-electron chi connectivity index (χ1n) is 7.19. The maximum absolute atomic E-state index is 12.0. The van der Waals surface area contributed by atoms with Crippen molar-refractivity contribution in [1.29, 1.82) is 0 Å². The highest BCUT2D eigenvalue weighted by Gasteiger charge is 2.13. The standard InChI is InChI=1S/C18H15NO3S/c20-17(19-11-13-6-2-1-3-7-13)12-22-18(21)16-10-14-8-4-5-9-15(14)23-16/h1-10H,11-12H2,(H,19,20). The third-order valence-electron chi connectivity index (χ3n) is 3.29. The number of nitrogens with one attached hydrogen (secondary N) is 1.